The number of aromatic amines is 1. The molecule has 1 N–H and O–H groups in total. The zero-order valence-electron chi connectivity index (χ0n) is 12.3. The van der Waals surface area contributed by atoms with Crippen molar-refractivity contribution in [2.24, 2.45) is 0 Å². The van der Waals surface area contributed by atoms with Crippen LogP contribution in [0.3, 0.4) is 0 Å². The Balaban J connectivity index is 2.06. The van der Waals surface area contributed by atoms with E-state index in [2.05, 4.69) is 28.2 Å². The van der Waals surface area contributed by atoms with Crippen LogP contribution in [0.1, 0.15) is 18.3 Å². The zero-order valence-corrected chi connectivity index (χ0v) is 13.0. The van der Waals surface area contributed by atoms with Crippen molar-refractivity contribution < 1.29 is 0 Å². The number of aryl methyl sites for hydroxylation is 2. The summed E-state index contributed by atoms with van der Waals surface area (Å²) in [5.74, 6) is 0. The molecular weight excluding hydrogens is 298 g/mol. The van der Waals surface area contributed by atoms with E-state index in [1.165, 1.54) is 0 Å². The molecule has 0 fully saturated rings. The number of rotatable bonds is 2. The van der Waals surface area contributed by atoms with Gasteiger partial charge in [-0.1, -0.05) is 18.5 Å². The van der Waals surface area contributed by atoms with Crippen molar-refractivity contribution in [3.8, 4) is 11.1 Å². The summed E-state index contributed by atoms with van der Waals surface area (Å²) in [6, 6.07) is 4.00. The molecule has 22 heavy (non-hydrogen) atoms. The number of fused-ring (bicyclic) bond motifs is 2. The summed E-state index contributed by atoms with van der Waals surface area (Å²) < 4.78 is 1.97. The molecule has 5 nitrogen and oxygen atoms in total. The Kier molecular flexibility index (Phi) is 2.90. The van der Waals surface area contributed by atoms with Crippen molar-refractivity contribution in [2.75, 3.05) is 0 Å². The molecule has 0 saturated carbocycles. The van der Waals surface area contributed by atoms with E-state index in [9.17, 15) is 0 Å². The van der Waals surface area contributed by atoms with Crippen molar-refractivity contribution in [1.29, 1.82) is 0 Å². The monoisotopic (exact) mass is 311 g/mol. The van der Waals surface area contributed by atoms with Gasteiger partial charge in [0.1, 0.15) is 12.0 Å². The Morgan fingerprint density at radius 3 is 3.00 bits per heavy atom. The molecule has 1 aromatic carbocycles. The molecule has 0 aliphatic rings. The molecule has 0 aliphatic heterocycles. The molecule has 3 aromatic heterocycles. The molecule has 0 atom stereocenters. The number of aromatic nitrogens is 5. The van der Waals surface area contributed by atoms with E-state index in [0.29, 0.717) is 5.02 Å². The van der Waals surface area contributed by atoms with Gasteiger partial charge in [0.05, 0.1) is 28.1 Å². The first kappa shape index (κ1) is 13.3. The van der Waals surface area contributed by atoms with Gasteiger partial charge in [-0.05, 0) is 31.0 Å². The Bertz CT molecular complexity index is 999. The first-order valence-corrected chi connectivity index (χ1v) is 7.51. The number of hydrogen-bond acceptors (Lipinski definition) is 3. The van der Waals surface area contributed by atoms with E-state index in [0.717, 1.165) is 45.5 Å². The summed E-state index contributed by atoms with van der Waals surface area (Å²) in [5, 5.41) is 8.59. The van der Waals surface area contributed by atoms with Crippen LogP contribution >= 0.6 is 11.6 Å². The standard InChI is InChI=1S/C16H14ClN5/c1-3-12-7-22-8-18-9(2)14(16(22)20-12)10-4-11-6-19-21-15(11)13(17)5-10/h4-8H,3H2,1-2H3,(H,19,21). The predicted octanol–water partition coefficient (Wildman–Crippen LogP) is 3.80. The molecule has 0 saturated heterocycles. The fourth-order valence-corrected chi connectivity index (χ4v) is 3.03. The average Bonchev–Trinajstić information content (AvgIpc) is 3.12. The van der Waals surface area contributed by atoms with Gasteiger partial charge in [-0.25, -0.2) is 9.97 Å². The number of nitrogens with one attached hydrogen (secondary N) is 1. The highest BCUT2D eigenvalue weighted by Crippen LogP contribution is 2.32. The summed E-state index contributed by atoms with van der Waals surface area (Å²) in [5.41, 5.74) is 5.74. The first-order chi connectivity index (χ1) is 10.7. The molecular formula is C16H14ClN5. The molecule has 6 heteroatoms. The molecule has 110 valence electrons. The normalized spacial score (nSPS) is 11.6. The number of hydrogen-bond donors (Lipinski definition) is 1. The van der Waals surface area contributed by atoms with Gasteiger partial charge >= 0.3 is 0 Å². The maximum Gasteiger partial charge on any atom is 0.147 e. The molecule has 3 heterocycles. The third-order valence-corrected chi connectivity index (χ3v) is 4.19. The lowest BCUT2D eigenvalue weighted by molar-refractivity contribution is 1.04. The van der Waals surface area contributed by atoms with E-state index < -0.39 is 0 Å². The van der Waals surface area contributed by atoms with E-state index in [-0.39, 0.29) is 0 Å². The van der Waals surface area contributed by atoms with Crippen LogP contribution in [0.4, 0.5) is 0 Å². The molecule has 0 spiro atoms. The largest absolute Gasteiger partial charge is 0.290 e. The number of benzene rings is 1. The quantitative estimate of drug-likeness (QED) is 0.612. The second-order valence-electron chi connectivity index (χ2n) is 5.31. The van der Waals surface area contributed by atoms with Gasteiger partial charge in [0.15, 0.2) is 0 Å². The fourth-order valence-electron chi connectivity index (χ4n) is 2.76. The SMILES string of the molecule is CCc1cn2cnc(C)c(-c3cc(Cl)c4[nH]ncc4c3)c2n1. The lowest BCUT2D eigenvalue weighted by Crippen LogP contribution is -1.95. The van der Waals surface area contributed by atoms with E-state index in [1.54, 1.807) is 12.5 Å². The van der Waals surface area contributed by atoms with Gasteiger partial charge in [0, 0.05) is 17.1 Å². The summed E-state index contributed by atoms with van der Waals surface area (Å²) in [4.78, 5) is 9.21. The number of H-pyrrole nitrogens is 1. The van der Waals surface area contributed by atoms with Crippen LogP contribution in [-0.2, 0) is 6.42 Å². The van der Waals surface area contributed by atoms with Crippen molar-refractivity contribution in [1.82, 2.24) is 24.6 Å². The van der Waals surface area contributed by atoms with Gasteiger partial charge in [0.25, 0.3) is 0 Å². The minimum Gasteiger partial charge on any atom is -0.290 e. The summed E-state index contributed by atoms with van der Waals surface area (Å²) in [6.07, 6.45) is 6.49. The second kappa shape index (κ2) is 4.81. The van der Waals surface area contributed by atoms with Gasteiger partial charge in [-0.2, -0.15) is 5.10 Å². The molecule has 4 rings (SSSR count). The second-order valence-corrected chi connectivity index (χ2v) is 5.72. The maximum atomic E-state index is 6.37. The van der Waals surface area contributed by atoms with E-state index in [4.69, 9.17) is 16.6 Å². The Morgan fingerprint density at radius 1 is 1.32 bits per heavy atom. The van der Waals surface area contributed by atoms with E-state index >= 15 is 0 Å². The van der Waals surface area contributed by atoms with Crippen molar-refractivity contribution in [3.63, 3.8) is 0 Å². The van der Waals surface area contributed by atoms with Crippen LogP contribution in [0.25, 0.3) is 27.7 Å². The highest BCUT2D eigenvalue weighted by molar-refractivity contribution is 6.35. The molecule has 0 unspecified atom stereocenters. The average molecular weight is 312 g/mol. The van der Waals surface area contributed by atoms with E-state index in [1.807, 2.05) is 23.6 Å². The lowest BCUT2D eigenvalue weighted by atomic mass is 10.0. The van der Waals surface area contributed by atoms with Gasteiger partial charge in [-0.3, -0.25) is 9.50 Å². The predicted molar refractivity (Wildman–Crippen MR) is 87.2 cm³/mol. The minimum atomic E-state index is 0.647. The Labute approximate surface area is 132 Å². The molecule has 0 aliphatic carbocycles. The number of imidazole rings is 1. The summed E-state index contributed by atoms with van der Waals surface area (Å²) in [6.45, 7) is 4.08. The van der Waals surface area contributed by atoms with Crippen LogP contribution < -0.4 is 0 Å². The third kappa shape index (κ3) is 1.89. The molecule has 4 aromatic rings. The summed E-state index contributed by atoms with van der Waals surface area (Å²) >= 11 is 6.37. The Morgan fingerprint density at radius 2 is 2.18 bits per heavy atom. The van der Waals surface area contributed by atoms with Crippen LogP contribution in [0.2, 0.25) is 5.02 Å². The van der Waals surface area contributed by atoms with Crippen LogP contribution in [0.5, 0.6) is 0 Å². The molecule has 0 amide bonds. The van der Waals surface area contributed by atoms with Crippen molar-refractivity contribution in [2.45, 2.75) is 20.3 Å². The smallest absolute Gasteiger partial charge is 0.147 e. The fraction of sp³-hybridized carbons (Fsp3) is 0.188. The van der Waals surface area contributed by atoms with Gasteiger partial charge < -0.3 is 0 Å². The highest BCUT2D eigenvalue weighted by atomic mass is 35.5. The number of nitrogens with zero attached hydrogens (tertiary/aromatic N) is 4. The maximum absolute atomic E-state index is 6.37. The zero-order chi connectivity index (χ0) is 15.3. The van der Waals surface area contributed by atoms with Crippen LogP contribution in [0, 0.1) is 6.92 Å². The highest BCUT2D eigenvalue weighted by Gasteiger charge is 2.14. The van der Waals surface area contributed by atoms with Gasteiger partial charge in [-0.15, -0.1) is 0 Å². The molecule has 0 radical (unpaired) electrons. The Hall–Kier alpha value is -2.40. The lowest BCUT2D eigenvalue weighted by Gasteiger charge is -2.08. The van der Waals surface area contributed by atoms with Crippen molar-refractivity contribution >= 4 is 28.2 Å². The summed E-state index contributed by atoms with van der Waals surface area (Å²) in [7, 11) is 0. The minimum absolute atomic E-state index is 0.647. The van der Waals surface area contributed by atoms with Gasteiger partial charge in [0.2, 0.25) is 0 Å². The van der Waals surface area contributed by atoms with Crippen LogP contribution in [-0.4, -0.2) is 24.6 Å². The molecule has 0 bridgehead atoms. The third-order valence-electron chi connectivity index (χ3n) is 3.90. The van der Waals surface area contributed by atoms with Crippen molar-refractivity contribution in [3.05, 3.63) is 47.3 Å². The number of halogens is 1. The first-order valence-electron chi connectivity index (χ1n) is 7.13. The van der Waals surface area contributed by atoms with Crippen LogP contribution in [0.15, 0.2) is 30.9 Å². The topological polar surface area (TPSA) is 58.9 Å².